The maximum absolute atomic E-state index is 11.9. The van der Waals surface area contributed by atoms with Gasteiger partial charge in [0.25, 0.3) is 11.5 Å². The van der Waals surface area contributed by atoms with Gasteiger partial charge in [-0.1, -0.05) is 23.7 Å². The predicted molar refractivity (Wildman–Crippen MR) is 74.2 cm³/mol. The third kappa shape index (κ3) is 2.80. The van der Waals surface area contributed by atoms with Crippen molar-refractivity contribution in [2.24, 2.45) is 0 Å². The third-order valence-corrected chi connectivity index (χ3v) is 3.02. The lowest BCUT2D eigenvalue weighted by atomic mass is 10.2. The van der Waals surface area contributed by atoms with E-state index in [9.17, 15) is 9.59 Å². The Morgan fingerprint density at radius 2 is 2.06 bits per heavy atom. The smallest absolute Gasteiger partial charge is 0.271 e. The van der Waals surface area contributed by atoms with Crippen molar-refractivity contribution in [1.82, 2.24) is 4.98 Å². The number of anilines is 1. The van der Waals surface area contributed by atoms with Gasteiger partial charge in [0.15, 0.2) is 0 Å². The quantitative estimate of drug-likeness (QED) is 0.890. The van der Waals surface area contributed by atoms with Crippen LogP contribution in [-0.2, 0) is 0 Å². The van der Waals surface area contributed by atoms with E-state index in [4.69, 9.17) is 11.6 Å². The molecule has 0 radical (unpaired) electrons. The van der Waals surface area contributed by atoms with Crippen molar-refractivity contribution < 1.29 is 4.79 Å². The number of hydrogen-bond donors (Lipinski definition) is 2. The fourth-order valence-electron chi connectivity index (χ4n) is 1.39. The van der Waals surface area contributed by atoms with E-state index in [1.807, 2.05) is 0 Å². The maximum Gasteiger partial charge on any atom is 0.271 e. The van der Waals surface area contributed by atoms with Crippen molar-refractivity contribution in [3.05, 3.63) is 61.9 Å². The van der Waals surface area contributed by atoms with Crippen LogP contribution in [0.5, 0.6) is 0 Å². The van der Waals surface area contributed by atoms with Gasteiger partial charge in [0, 0.05) is 10.7 Å². The van der Waals surface area contributed by atoms with E-state index in [-0.39, 0.29) is 11.2 Å². The fourth-order valence-corrected chi connectivity index (χ4v) is 1.95. The van der Waals surface area contributed by atoms with Crippen molar-refractivity contribution in [1.29, 1.82) is 0 Å². The SMILES string of the molecule is O=C(Nc1cc(Br)c[nH]c1=O)c1ccccc1Cl. The Kier molecular flexibility index (Phi) is 3.84. The van der Waals surface area contributed by atoms with Gasteiger partial charge in [0.05, 0.1) is 10.6 Å². The standard InChI is InChI=1S/C12H8BrClN2O2/c13-7-5-10(12(18)15-6-7)16-11(17)8-3-1-2-4-9(8)14/h1-6H,(H,15,18)(H,16,17). The summed E-state index contributed by atoms with van der Waals surface area (Å²) in [5, 5.41) is 2.85. The first kappa shape index (κ1) is 12.9. The Labute approximate surface area is 116 Å². The minimum Gasteiger partial charge on any atom is -0.326 e. The molecule has 1 aromatic heterocycles. The Morgan fingerprint density at radius 3 is 2.78 bits per heavy atom. The average molecular weight is 328 g/mol. The summed E-state index contributed by atoms with van der Waals surface area (Å²) < 4.78 is 0.663. The monoisotopic (exact) mass is 326 g/mol. The molecule has 0 spiro atoms. The molecule has 18 heavy (non-hydrogen) atoms. The molecule has 92 valence electrons. The van der Waals surface area contributed by atoms with Gasteiger partial charge < -0.3 is 10.3 Å². The van der Waals surface area contributed by atoms with Crippen LogP contribution in [0.3, 0.4) is 0 Å². The first-order chi connectivity index (χ1) is 8.58. The van der Waals surface area contributed by atoms with Crippen molar-refractivity contribution >= 4 is 39.1 Å². The van der Waals surface area contributed by atoms with E-state index in [1.165, 1.54) is 12.3 Å². The second-order valence-corrected chi connectivity index (χ2v) is 4.82. The highest BCUT2D eigenvalue weighted by molar-refractivity contribution is 9.10. The van der Waals surface area contributed by atoms with Gasteiger partial charge in [0.1, 0.15) is 5.69 Å². The molecule has 4 nitrogen and oxygen atoms in total. The molecule has 0 unspecified atom stereocenters. The van der Waals surface area contributed by atoms with Gasteiger partial charge in [-0.2, -0.15) is 0 Å². The molecule has 0 aliphatic heterocycles. The summed E-state index contributed by atoms with van der Waals surface area (Å²) in [6.45, 7) is 0. The fraction of sp³-hybridized carbons (Fsp3) is 0. The van der Waals surface area contributed by atoms with E-state index < -0.39 is 5.91 Å². The van der Waals surface area contributed by atoms with Crippen molar-refractivity contribution in [2.45, 2.75) is 0 Å². The number of hydrogen-bond acceptors (Lipinski definition) is 2. The summed E-state index contributed by atoms with van der Waals surface area (Å²) in [5.74, 6) is -0.427. The van der Waals surface area contributed by atoms with Gasteiger partial charge in [0.2, 0.25) is 0 Å². The molecular formula is C12H8BrClN2O2. The Balaban J connectivity index is 2.30. The number of carbonyl (C=O) groups excluding carboxylic acids is 1. The summed E-state index contributed by atoms with van der Waals surface area (Å²) in [5.41, 5.74) is 0.103. The number of aromatic amines is 1. The molecule has 1 amide bonds. The van der Waals surface area contributed by atoms with E-state index in [2.05, 4.69) is 26.2 Å². The van der Waals surface area contributed by atoms with Crippen LogP contribution < -0.4 is 10.9 Å². The highest BCUT2D eigenvalue weighted by atomic mass is 79.9. The van der Waals surface area contributed by atoms with Crippen LogP contribution in [0.2, 0.25) is 5.02 Å². The molecule has 2 rings (SSSR count). The molecule has 1 aromatic carbocycles. The van der Waals surface area contributed by atoms with Crippen LogP contribution in [0.4, 0.5) is 5.69 Å². The van der Waals surface area contributed by atoms with Crippen LogP contribution >= 0.6 is 27.5 Å². The van der Waals surface area contributed by atoms with Gasteiger partial charge in [-0.25, -0.2) is 0 Å². The zero-order chi connectivity index (χ0) is 13.1. The minimum absolute atomic E-state index is 0.161. The second kappa shape index (κ2) is 5.37. The number of aromatic nitrogens is 1. The Morgan fingerprint density at radius 1 is 1.33 bits per heavy atom. The highest BCUT2D eigenvalue weighted by Crippen LogP contribution is 2.17. The number of halogens is 2. The van der Waals surface area contributed by atoms with E-state index in [1.54, 1.807) is 24.3 Å². The van der Waals surface area contributed by atoms with Crippen molar-refractivity contribution in [3.8, 4) is 0 Å². The van der Waals surface area contributed by atoms with Crippen molar-refractivity contribution in [3.63, 3.8) is 0 Å². The lowest BCUT2D eigenvalue weighted by molar-refractivity contribution is 0.102. The normalized spacial score (nSPS) is 10.1. The van der Waals surface area contributed by atoms with Crippen molar-refractivity contribution in [2.75, 3.05) is 5.32 Å². The third-order valence-electron chi connectivity index (χ3n) is 2.23. The largest absolute Gasteiger partial charge is 0.326 e. The number of amides is 1. The molecule has 2 aromatic rings. The first-order valence-corrected chi connectivity index (χ1v) is 6.19. The maximum atomic E-state index is 11.9. The molecule has 0 aliphatic carbocycles. The van der Waals surface area contributed by atoms with Crippen LogP contribution in [-0.4, -0.2) is 10.9 Å². The number of pyridine rings is 1. The van der Waals surface area contributed by atoms with Gasteiger partial charge >= 0.3 is 0 Å². The number of benzene rings is 1. The molecule has 0 bridgehead atoms. The van der Waals surface area contributed by atoms with E-state index in [0.29, 0.717) is 15.1 Å². The molecule has 1 heterocycles. The zero-order valence-electron chi connectivity index (χ0n) is 9.04. The van der Waals surface area contributed by atoms with E-state index >= 15 is 0 Å². The second-order valence-electron chi connectivity index (χ2n) is 3.49. The number of rotatable bonds is 2. The molecule has 2 N–H and O–H groups in total. The predicted octanol–water partition coefficient (Wildman–Crippen LogP) is 3.04. The minimum atomic E-state index is -0.427. The van der Waals surface area contributed by atoms with Crippen LogP contribution in [0.1, 0.15) is 10.4 Å². The number of carbonyl (C=O) groups is 1. The van der Waals surface area contributed by atoms with Gasteiger partial charge in [-0.15, -0.1) is 0 Å². The summed E-state index contributed by atoms with van der Waals surface area (Å²) in [7, 11) is 0. The van der Waals surface area contributed by atoms with Crippen LogP contribution in [0, 0.1) is 0 Å². The Hall–Kier alpha value is -1.59. The van der Waals surface area contributed by atoms with Crippen LogP contribution in [0.25, 0.3) is 0 Å². The summed E-state index contributed by atoms with van der Waals surface area (Å²) in [6, 6.07) is 8.15. The topological polar surface area (TPSA) is 62.0 Å². The zero-order valence-corrected chi connectivity index (χ0v) is 11.4. The molecule has 0 saturated heterocycles. The molecule has 0 atom stereocenters. The number of nitrogens with one attached hydrogen (secondary N) is 2. The molecule has 0 saturated carbocycles. The summed E-state index contributed by atoms with van der Waals surface area (Å²) in [6.07, 6.45) is 1.49. The van der Waals surface area contributed by atoms with Gasteiger partial charge in [-0.3, -0.25) is 9.59 Å². The summed E-state index contributed by atoms with van der Waals surface area (Å²) in [4.78, 5) is 25.9. The first-order valence-electron chi connectivity index (χ1n) is 5.02. The van der Waals surface area contributed by atoms with Gasteiger partial charge in [-0.05, 0) is 34.1 Å². The van der Waals surface area contributed by atoms with Crippen LogP contribution in [0.15, 0.2) is 45.8 Å². The summed E-state index contributed by atoms with van der Waals surface area (Å²) >= 11 is 9.11. The molecule has 6 heteroatoms. The molecule has 0 fully saturated rings. The Bertz CT molecular complexity index is 655. The highest BCUT2D eigenvalue weighted by Gasteiger charge is 2.11. The molecule has 0 aliphatic rings. The lowest BCUT2D eigenvalue weighted by Crippen LogP contribution is -2.19. The number of H-pyrrole nitrogens is 1. The van der Waals surface area contributed by atoms with E-state index in [0.717, 1.165) is 0 Å². The lowest BCUT2D eigenvalue weighted by Gasteiger charge is -2.05. The molecular weight excluding hydrogens is 320 g/mol. The average Bonchev–Trinajstić information content (AvgIpc) is 2.34.